The number of aliphatic carboxylic acids is 1. The van der Waals surface area contributed by atoms with Crippen molar-refractivity contribution in [2.45, 2.75) is 19.3 Å². The van der Waals surface area contributed by atoms with Gasteiger partial charge in [0.1, 0.15) is 0 Å². The molecule has 0 saturated carbocycles. The van der Waals surface area contributed by atoms with Crippen molar-refractivity contribution in [1.82, 2.24) is 5.32 Å². The van der Waals surface area contributed by atoms with E-state index in [-0.39, 0.29) is 5.41 Å². The fraction of sp³-hybridized carbons (Fsp3) is 0.357. The lowest BCUT2D eigenvalue weighted by Crippen LogP contribution is -2.33. The predicted octanol–water partition coefficient (Wildman–Crippen LogP) is 2.47. The number of rotatable bonds is 6. The second kappa shape index (κ2) is 6.43. The lowest BCUT2D eigenvalue weighted by atomic mass is 9.84. The minimum atomic E-state index is -0.998. The summed E-state index contributed by atoms with van der Waals surface area (Å²) < 4.78 is 26.0. The summed E-state index contributed by atoms with van der Waals surface area (Å²) in [4.78, 5) is 10.3. The van der Waals surface area contributed by atoms with Gasteiger partial charge in [0.15, 0.2) is 11.6 Å². The summed E-state index contributed by atoms with van der Waals surface area (Å²) in [5, 5.41) is 11.5. The molecule has 0 amide bonds. The fourth-order valence-corrected chi connectivity index (χ4v) is 1.65. The van der Waals surface area contributed by atoms with Crippen LogP contribution < -0.4 is 5.32 Å². The third-order valence-electron chi connectivity index (χ3n) is 2.79. The van der Waals surface area contributed by atoms with E-state index < -0.39 is 17.6 Å². The molecule has 0 aliphatic rings. The van der Waals surface area contributed by atoms with E-state index in [2.05, 4.69) is 5.32 Å². The third-order valence-corrected chi connectivity index (χ3v) is 2.79. The quantitative estimate of drug-likeness (QED) is 0.616. The largest absolute Gasteiger partial charge is 0.478 e. The molecular weight excluding hydrogens is 252 g/mol. The number of carbonyl (C=O) groups is 1. The highest BCUT2D eigenvalue weighted by atomic mass is 19.2. The van der Waals surface area contributed by atoms with Gasteiger partial charge in [0.05, 0.1) is 0 Å². The SMILES string of the molecule is CC(C)(CNC/C=C/C(=O)O)c1ccc(F)c(F)c1. The van der Waals surface area contributed by atoms with Crippen molar-refractivity contribution in [2.75, 3.05) is 13.1 Å². The normalized spacial score (nSPS) is 12.0. The molecule has 0 spiro atoms. The van der Waals surface area contributed by atoms with E-state index in [1.54, 1.807) is 6.07 Å². The van der Waals surface area contributed by atoms with Crippen LogP contribution >= 0.6 is 0 Å². The van der Waals surface area contributed by atoms with Crippen LogP contribution in [0.25, 0.3) is 0 Å². The monoisotopic (exact) mass is 269 g/mol. The van der Waals surface area contributed by atoms with Gasteiger partial charge >= 0.3 is 5.97 Å². The molecule has 0 unspecified atom stereocenters. The Balaban J connectivity index is 2.60. The van der Waals surface area contributed by atoms with Crippen molar-refractivity contribution in [2.24, 2.45) is 0 Å². The topological polar surface area (TPSA) is 49.3 Å². The molecule has 0 aromatic heterocycles. The first-order valence-corrected chi connectivity index (χ1v) is 5.88. The summed E-state index contributed by atoms with van der Waals surface area (Å²) in [6, 6.07) is 3.84. The van der Waals surface area contributed by atoms with E-state index in [1.165, 1.54) is 12.1 Å². The molecule has 1 aromatic rings. The lowest BCUT2D eigenvalue weighted by molar-refractivity contribution is -0.131. The van der Waals surface area contributed by atoms with Gasteiger partial charge in [0, 0.05) is 24.6 Å². The van der Waals surface area contributed by atoms with E-state index in [4.69, 9.17) is 5.11 Å². The molecular formula is C14H17F2NO2. The molecule has 0 bridgehead atoms. The van der Waals surface area contributed by atoms with Crippen LogP contribution in [0.3, 0.4) is 0 Å². The lowest BCUT2D eigenvalue weighted by Gasteiger charge is -2.25. The molecule has 3 nitrogen and oxygen atoms in total. The summed E-state index contributed by atoms with van der Waals surface area (Å²) >= 11 is 0. The summed E-state index contributed by atoms with van der Waals surface area (Å²) in [6.45, 7) is 4.71. The molecule has 19 heavy (non-hydrogen) atoms. The van der Waals surface area contributed by atoms with Crippen LogP contribution in [0.1, 0.15) is 19.4 Å². The molecule has 1 aromatic carbocycles. The average Bonchev–Trinajstić information content (AvgIpc) is 2.31. The van der Waals surface area contributed by atoms with Gasteiger partial charge < -0.3 is 10.4 Å². The number of benzene rings is 1. The molecule has 104 valence electrons. The Hall–Kier alpha value is -1.75. The number of hydrogen-bond acceptors (Lipinski definition) is 2. The number of hydrogen-bond donors (Lipinski definition) is 2. The highest BCUT2D eigenvalue weighted by Gasteiger charge is 2.21. The van der Waals surface area contributed by atoms with Crippen molar-refractivity contribution in [3.8, 4) is 0 Å². The average molecular weight is 269 g/mol. The Labute approximate surface area is 110 Å². The van der Waals surface area contributed by atoms with Gasteiger partial charge in [-0.1, -0.05) is 26.0 Å². The summed E-state index contributed by atoms with van der Waals surface area (Å²) in [7, 11) is 0. The highest BCUT2D eigenvalue weighted by Crippen LogP contribution is 2.23. The maximum absolute atomic E-state index is 13.2. The first kappa shape index (κ1) is 15.3. The molecule has 0 fully saturated rings. The third kappa shape index (κ3) is 4.79. The maximum Gasteiger partial charge on any atom is 0.328 e. The first-order chi connectivity index (χ1) is 8.83. The van der Waals surface area contributed by atoms with E-state index >= 15 is 0 Å². The predicted molar refractivity (Wildman–Crippen MR) is 69.0 cm³/mol. The summed E-state index contributed by atoms with van der Waals surface area (Å²) in [6.07, 6.45) is 2.54. The van der Waals surface area contributed by atoms with Crippen molar-refractivity contribution in [3.05, 3.63) is 47.5 Å². The summed E-state index contributed by atoms with van der Waals surface area (Å²) in [5.74, 6) is -2.73. The second-order valence-electron chi connectivity index (χ2n) is 4.88. The first-order valence-electron chi connectivity index (χ1n) is 5.88. The van der Waals surface area contributed by atoms with Crippen LogP contribution in [0.15, 0.2) is 30.4 Å². The number of halogens is 2. The van der Waals surface area contributed by atoms with Crippen molar-refractivity contribution < 1.29 is 18.7 Å². The van der Waals surface area contributed by atoms with Crippen molar-refractivity contribution in [3.63, 3.8) is 0 Å². The fourth-order valence-electron chi connectivity index (χ4n) is 1.65. The molecule has 2 N–H and O–H groups in total. The van der Waals surface area contributed by atoms with E-state index in [0.717, 1.165) is 12.1 Å². The molecule has 0 aliphatic carbocycles. The summed E-state index contributed by atoms with van der Waals surface area (Å²) in [5.41, 5.74) is 0.298. The van der Waals surface area contributed by atoms with E-state index in [9.17, 15) is 13.6 Å². The van der Waals surface area contributed by atoms with Crippen LogP contribution in [0.4, 0.5) is 8.78 Å². The Morgan fingerprint density at radius 2 is 2.05 bits per heavy atom. The van der Waals surface area contributed by atoms with Gasteiger partial charge in [-0.3, -0.25) is 0 Å². The minimum absolute atomic E-state index is 0.383. The zero-order valence-corrected chi connectivity index (χ0v) is 10.9. The second-order valence-corrected chi connectivity index (χ2v) is 4.88. The van der Waals surface area contributed by atoms with Gasteiger partial charge in [0.2, 0.25) is 0 Å². The maximum atomic E-state index is 13.2. The molecule has 1 rings (SSSR count). The Bertz CT molecular complexity index is 484. The zero-order chi connectivity index (χ0) is 14.5. The molecule has 0 heterocycles. The highest BCUT2D eigenvalue weighted by molar-refractivity contribution is 5.79. The van der Waals surface area contributed by atoms with Gasteiger partial charge in [-0.05, 0) is 17.7 Å². The smallest absolute Gasteiger partial charge is 0.328 e. The van der Waals surface area contributed by atoms with Crippen LogP contribution in [-0.2, 0) is 10.2 Å². The van der Waals surface area contributed by atoms with E-state index in [1.807, 2.05) is 13.8 Å². The Morgan fingerprint density at radius 3 is 2.63 bits per heavy atom. The van der Waals surface area contributed by atoms with Gasteiger partial charge in [-0.15, -0.1) is 0 Å². The van der Waals surface area contributed by atoms with E-state index in [0.29, 0.717) is 18.7 Å². The Morgan fingerprint density at radius 1 is 1.37 bits per heavy atom. The van der Waals surface area contributed by atoms with Crippen molar-refractivity contribution >= 4 is 5.97 Å². The van der Waals surface area contributed by atoms with Gasteiger partial charge in [0.25, 0.3) is 0 Å². The van der Waals surface area contributed by atoms with Crippen LogP contribution in [-0.4, -0.2) is 24.2 Å². The van der Waals surface area contributed by atoms with Gasteiger partial charge in [-0.2, -0.15) is 0 Å². The number of nitrogens with one attached hydrogen (secondary N) is 1. The van der Waals surface area contributed by atoms with Crippen molar-refractivity contribution in [1.29, 1.82) is 0 Å². The minimum Gasteiger partial charge on any atom is -0.478 e. The standard InChI is InChI=1S/C14H17F2NO2/c1-14(2,9-17-7-3-4-13(18)19)10-5-6-11(15)12(16)8-10/h3-6,8,17H,7,9H2,1-2H3,(H,18,19)/b4-3+. The molecule has 0 radical (unpaired) electrons. The Kier molecular flexibility index (Phi) is 5.18. The number of carboxylic acids is 1. The molecule has 0 saturated heterocycles. The number of carboxylic acid groups (broad SMARTS) is 1. The van der Waals surface area contributed by atoms with Gasteiger partial charge in [-0.25, -0.2) is 13.6 Å². The molecule has 5 heteroatoms. The van der Waals surface area contributed by atoms with Crippen LogP contribution in [0, 0.1) is 11.6 Å². The zero-order valence-electron chi connectivity index (χ0n) is 10.9. The molecule has 0 atom stereocenters. The van der Waals surface area contributed by atoms with Crippen LogP contribution in [0.2, 0.25) is 0 Å². The molecule has 0 aliphatic heterocycles. The van der Waals surface area contributed by atoms with Crippen LogP contribution in [0.5, 0.6) is 0 Å².